The van der Waals surface area contributed by atoms with E-state index in [1.807, 2.05) is 43.3 Å². The zero-order valence-electron chi connectivity index (χ0n) is 18.6. The predicted molar refractivity (Wildman–Crippen MR) is 121 cm³/mol. The van der Waals surface area contributed by atoms with E-state index in [-0.39, 0.29) is 18.4 Å². The van der Waals surface area contributed by atoms with Crippen molar-refractivity contribution in [1.82, 2.24) is 10.6 Å². The van der Waals surface area contributed by atoms with Gasteiger partial charge in [0, 0.05) is 5.92 Å². The smallest absolute Gasteiger partial charge is 0.407 e. The van der Waals surface area contributed by atoms with E-state index in [1.54, 1.807) is 13.8 Å². The lowest BCUT2D eigenvalue weighted by Crippen LogP contribution is -2.53. The molecule has 3 rings (SSSR count). The third-order valence-corrected chi connectivity index (χ3v) is 5.76. The lowest BCUT2D eigenvalue weighted by atomic mass is 9.98. The van der Waals surface area contributed by atoms with Gasteiger partial charge in [0.25, 0.3) is 0 Å². The Labute approximate surface area is 188 Å². The molecule has 3 N–H and O–H groups in total. The van der Waals surface area contributed by atoms with Crippen molar-refractivity contribution in [2.45, 2.75) is 51.6 Å². The van der Waals surface area contributed by atoms with Gasteiger partial charge in [-0.3, -0.25) is 4.79 Å². The van der Waals surface area contributed by atoms with Gasteiger partial charge in [-0.05, 0) is 34.6 Å². The van der Waals surface area contributed by atoms with Crippen molar-refractivity contribution in [1.29, 1.82) is 0 Å². The molecule has 2 aromatic carbocycles. The number of benzene rings is 2. The van der Waals surface area contributed by atoms with Crippen LogP contribution in [0.2, 0.25) is 0 Å². The van der Waals surface area contributed by atoms with E-state index < -0.39 is 30.1 Å². The van der Waals surface area contributed by atoms with E-state index in [0.717, 1.165) is 22.3 Å². The van der Waals surface area contributed by atoms with Crippen LogP contribution in [0.4, 0.5) is 4.79 Å². The molecular formula is C25H30N2O5. The first-order valence-corrected chi connectivity index (χ1v) is 11.0. The minimum Gasteiger partial charge on any atom is -0.480 e. The number of aliphatic carboxylic acids is 1. The van der Waals surface area contributed by atoms with Gasteiger partial charge < -0.3 is 20.5 Å². The molecule has 0 saturated heterocycles. The summed E-state index contributed by atoms with van der Waals surface area (Å²) in [5.41, 5.74) is 4.46. The first-order valence-electron chi connectivity index (χ1n) is 11.0. The molecule has 2 atom stereocenters. The van der Waals surface area contributed by atoms with E-state index >= 15 is 0 Å². The zero-order valence-corrected chi connectivity index (χ0v) is 18.6. The van der Waals surface area contributed by atoms with E-state index in [9.17, 15) is 19.5 Å². The topological polar surface area (TPSA) is 105 Å². The number of hydrogen-bond acceptors (Lipinski definition) is 4. The van der Waals surface area contributed by atoms with Crippen molar-refractivity contribution in [3.05, 3.63) is 59.7 Å². The summed E-state index contributed by atoms with van der Waals surface area (Å²) in [6.45, 7) is 5.55. The standard InChI is InChI=1S/C25H30N2O5/c1-4-9-21(24(29)30)26-23(28)22(15(2)3)27-25(31)32-14-20-18-12-7-5-10-16(18)17-11-6-8-13-19(17)20/h5-8,10-13,15,20-22H,4,9,14H2,1-3H3,(H,26,28)(H,27,31)(H,29,30)/t21-,22-/m0/s1. The maximum absolute atomic E-state index is 12.7. The molecular weight excluding hydrogens is 408 g/mol. The summed E-state index contributed by atoms with van der Waals surface area (Å²) in [6.07, 6.45) is 0.225. The summed E-state index contributed by atoms with van der Waals surface area (Å²) in [5.74, 6) is -1.95. The molecule has 0 unspecified atom stereocenters. The number of hydrogen-bond donors (Lipinski definition) is 3. The van der Waals surface area contributed by atoms with Crippen LogP contribution in [0, 0.1) is 5.92 Å². The van der Waals surface area contributed by atoms with Crippen LogP contribution in [0.3, 0.4) is 0 Å². The molecule has 0 aliphatic heterocycles. The van der Waals surface area contributed by atoms with Crippen LogP contribution in [-0.4, -0.2) is 41.8 Å². The molecule has 7 heteroatoms. The second-order valence-electron chi connectivity index (χ2n) is 8.38. The Morgan fingerprint density at radius 1 is 0.969 bits per heavy atom. The van der Waals surface area contributed by atoms with Gasteiger partial charge in [0.05, 0.1) is 0 Å². The molecule has 0 spiro atoms. The summed E-state index contributed by atoms with van der Waals surface area (Å²) in [7, 11) is 0. The van der Waals surface area contributed by atoms with Crippen LogP contribution in [0.1, 0.15) is 50.7 Å². The van der Waals surface area contributed by atoms with E-state index in [0.29, 0.717) is 12.8 Å². The largest absolute Gasteiger partial charge is 0.480 e. The maximum Gasteiger partial charge on any atom is 0.407 e. The lowest BCUT2D eigenvalue weighted by molar-refractivity contribution is -0.142. The molecule has 0 heterocycles. The number of rotatable bonds is 9. The fourth-order valence-electron chi connectivity index (χ4n) is 4.11. The summed E-state index contributed by atoms with van der Waals surface area (Å²) < 4.78 is 5.52. The van der Waals surface area contributed by atoms with Crippen LogP contribution < -0.4 is 10.6 Å². The molecule has 2 aromatic rings. The fourth-order valence-corrected chi connectivity index (χ4v) is 4.11. The summed E-state index contributed by atoms with van der Waals surface area (Å²) in [4.78, 5) is 36.6. The Kier molecular flexibility index (Phi) is 7.51. The van der Waals surface area contributed by atoms with Crippen LogP contribution in [-0.2, 0) is 14.3 Å². The Balaban J connectivity index is 1.65. The molecule has 0 bridgehead atoms. The van der Waals surface area contributed by atoms with Crippen LogP contribution >= 0.6 is 0 Å². The SMILES string of the molecule is CCC[C@H](NC(=O)[C@@H](NC(=O)OCC1c2ccccc2-c2ccccc21)C(C)C)C(=O)O. The first-order chi connectivity index (χ1) is 15.3. The van der Waals surface area contributed by atoms with E-state index in [1.165, 1.54) is 0 Å². The lowest BCUT2D eigenvalue weighted by Gasteiger charge is -2.24. The summed E-state index contributed by atoms with van der Waals surface area (Å²) in [5, 5.41) is 14.4. The number of alkyl carbamates (subject to hydrolysis) is 1. The highest BCUT2D eigenvalue weighted by Crippen LogP contribution is 2.44. The summed E-state index contributed by atoms with van der Waals surface area (Å²) >= 11 is 0. The normalized spacial score (nSPS) is 14.2. The minimum atomic E-state index is -1.09. The van der Waals surface area contributed by atoms with Gasteiger partial charge in [-0.2, -0.15) is 0 Å². The van der Waals surface area contributed by atoms with E-state index in [2.05, 4.69) is 22.8 Å². The van der Waals surface area contributed by atoms with Gasteiger partial charge in [0.1, 0.15) is 18.7 Å². The quantitative estimate of drug-likeness (QED) is 0.550. The van der Waals surface area contributed by atoms with Gasteiger partial charge in [0.2, 0.25) is 5.91 Å². The van der Waals surface area contributed by atoms with Crippen molar-refractivity contribution >= 4 is 18.0 Å². The number of amides is 2. The van der Waals surface area contributed by atoms with Crippen molar-refractivity contribution < 1.29 is 24.2 Å². The molecule has 1 aliphatic rings. The highest BCUT2D eigenvalue weighted by molar-refractivity contribution is 5.89. The van der Waals surface area contributed by atoms with Crippen LogP contribution in [0.25, 0.3) is 11.1 Å². The Bertz CT molecular complexity index is 942. The molecule has 32 heavy (non-hydrogen) atoms. The number of carbonyl (C=O) groups excluding carboxylic acids is 2. The number of nitrogens with one attached hydrogen (secondary N) is 2. The first kappa shape index (κ1) is 23.3. The predicted octanol–water partition coefficient (Wildman–Crippen LogP) is 3.92. The van der Waals surface area contributed by atoms with Crippen molar-refractivity contribution in [2.75, 3.05) is 6.61 Å². The Morgan fingerprint density at radius 3 is 2.03 bits per heavy atom. The molecule has 7 nitrogen and oxygen atoms in total. The number of carboxylic acids is 1. The second kappa shape index (κ2) is 10.3. The highest BCUT2D eigenvalue weighted by Gasteiger charge is 2.31. The average Bonchev–Trinajstić information content (AvgIpc) is 3.09. The van der Waals surface area contributed by atoms with Gasteiger partial charge in [0.15, 0.2) is 0 Å². The van der Waals surface area contributed by atoms with Crippen molar-refractivity contribution in [3.8, 4) is 11.1 Å². The van der Waals surface area contributed by atoms with E-state index in [4.69, 9.17) is 4.74 Å². The number of carbonyl (C=O) groups is 3. The third-order valence-electron chi connectivity index (χ3n) is 5.76. The summed E-state index contributed by atoms with van der Waals surface area (Å²) in [6, 6.07) is 14.2. The molecule has 170 valence electrons. The average molecular weight is 439 g/mol. The van der Waals surface area contributed by atoms with Gasteiger partial charge in [-0.1, -0.05) is 75.7 Å². The number of fused-ring (bicyclic) bond motifs is 3. The number of ether oxygens (including phenoxy) is 1. The van der Waals surface area contributed by atoms with Gasteiger partial charge >= 0.3 is 12.1 Å². The maximum atomic E-state index is 12.7. The number of carboxylic acid groups (broad SMARTS) is 1. The molecule has 1 aliphatic carbocycles. The van der Waals surface area contributed by atoms with Crippen molar-refractivity contribution in [2.24, 2.45) is 5.92 Å². The molecule has 0 radical (unpaired) electrons. The molecule has 2 amide bonds. The Morgan fingerprint density at radius 2 is 1.53 bits per heavy atom. The Hall–Kier alpha value is -3.35. The highest BCUT2D eigenvalue weighted by atomic mass is 16.5. The second-order valence-corrected chi connectivity index (χ2v) is 8.38. The molecule has 0 aromatic heterocycles. The van der Waals surface area contributed by atoms with Gasteiger partial charge in [-0.25, -0.2) is 9.59 Å². The molecule has 0 saturated carbocycles. The third kappa shape index (κ3) is 5.10. The van der Waals surface area contributed by atoms with Gasteiger partial charge in [-0.15, -0.1) is 0 Å². The minimum absolute atomic E-state index is 0.0829. The monoisotopic (exact) mass is 438 g/mol. The fraction of sp³-hybridized carbons (Fsp3) is 0.400. The van der Waals surface area contributed by atoms with Crippen LogP contribution in [0.5, 0.6) is 0 Å². The zero-order chi connectivity index (χ0) is 23.3. The van der Waals surface area contributed by atoms with Crippen LogP contribution in [0.15, 0.2) is 48.5 Å². The van der Waals surface area contributed by atoms with Crippen molar-refractivity contribution in [3.63, 3.8) is 0 Å². The molecule has 0 fully saturated rings.